The van der Waals surface area contributed by atoms with Gasteiger partial charge in [-0.25, -0.2) is 0 Å². The van der Waals surface area contributed by atoms with Crippen LogP contribution in [0.2, 0.25) is 0 Å². The van der Waals surface area contributed by atoms with Gasteiger partial charge in [-0.05, 0) is 11.4 Å². The van der Waals surface area contributed by atoms with E-state index in [1.165, 1.54) is 4.88 Å². The predicted molar refractivity (Wildman–Crippen MR) is 62.8 cm³/mol. The van der Waals surface area contributed by atoms with Crippen LogP contribution in [0.15, 0.2) is 48.1 Å². The Morgan fingerprint density at radius 3 is 2.75 bits per heavy atom. The zero-order valence-corrected chi connectivity index (χ0v) is 9.61. The predicted octanol–water partition coefficient (Wildman–Crippen LogP) is 1.35. The van der Waals surface area contributed by atoms with Gasteiger partial charge in [0.25, 0.3) is 5.91 Å². The van der Waals surface area contributed by atoms with E-state index in [1.807, 2.05) is 52.7 Å². The maximum absolute atomic E-state index is 11.6. The Morgan fingerprint density at radius 1 is 1.25 bits per heavy atom. The van der Waals surface area contributed by atoms with Crippen LogP contribution in [0.1, 0.15) is 4.88 Å². The van der Waals surface area contributed by atoms with Gasteiger partial charge in [0, 0.05) is 17.0 Å². The molecule has 3 nitrogen and oxygen atoms in total. The first-order valence-electron chi connectivity index (χ1n) is 5.08. The summed E-state index contributed by atoms with van der Waals surface area (Å²) in [7, 11) is 0. The number of thiophene rings is 1. The van der Waals surface area contributed by atoms with Crippen molar-refractivity contribution in [2.45, 2.75) is 13.1 Å². The summed E-state index contributed by atoms with van der Waals surface area (Å²) in [6, 6.07) is 9.75. The molecule has 0 fully saturated rings. The number of amides is 1. The van der Waals surface area contributed by atoms with Crippen molar-refractivity contribution in [1.29, 1.82) is 0 Å². The lowest BCUT2D eigenvalue weighted by molar-refractivity contribution is -0.684. The molecule has 0 spiro atoms. The van der Waals surface area contributed by atoms with Gasteiger partial charge in [0.1, 0.15) is 0 Å². The number of aromatic nitrogens is 1. The summed E-state index contributed by atoms with van der Waals surface area (Å²) in [6.45, 7) is 0.982. The van der Waals surface area contributed by atoms with Gasteiger partial charge in [0.15, 0.2) is 12.4 Å². The fourth-order valence-electron chi connectivity index (χ4n) is 1.36. The van der Waals surface area contributed by atoms with Crippen LogP contribution in [0.5, 0.6) is 0 Å². The van der Waals surface area contributed by atoms with Crippen LogP contribution in [0, 0.1) is 0 Å². The van der Waals surface area contributed by atoms with Crippen molar-refractivity contribution < 1.29 is 9.36 Å². The highest BCUT2D eigenvalue weighted by atomic mass is 32.1. The van der Waals surface area contributed by atoms with Crippen LogP contribution in [-0.4, -0.2) is 5.91 Å². The Labute approximate surface area is 98.4 Å². The lowest BCUT2D eigenvalue weighted by Gasteiger charge is -2.00. The monoisotopic (exact) mass is 233 g/mol. The SMILES string of the molecule is O=C(C[n+]1ccccc1)NCc1cccs1. The molecule has 1 N–H and O–H groups in total. The van der Waals surface area contributed by atoms with Gasteiger partial charge >= 0.3 is 0 Å². The quantitative estimate of drug-likeness (QED) is 0.795. The molecule has 0 saturated carbocycles. The van der Waals surface area contributed by atoms with Crippen LogP contribution in [-0.2, 0) is 17.9 Å². The van der Waals surface area contributed by atoms with Crippen molar-refractivity contribution in [3.8, 4) is 0 Å². The Morgan fingerprint density at radius 2 is 2.06 bits per heavy atom. The molecule has 0 aliphatic rings. The van der Waals surface area contributed by atoms with E-state index in [0.717, 1.165) is 0 Å². The third-order valence-electron chi connectivity index (χ3n) is 2.14. The van der Waals surface area contributed by atoms with E-state index in [0.29, 0.717) is 13.1 Å². The minimum absolute atomic E-state index is 0.0320. The highest BCUT2D eigenvalue weighted by Gasteiger charge is 2.07. The Balaban J connectivity index is 1.81. The maximum atomic E-state index is 11.6. The molecule has 0 radical (unpaired) electrons. The third kappa shape index (κ3) is 3.17. The fraction of sp³-hybridized carbons (Fsp3) is 0.167. The number of hydrogen-bond donors (Lipinski definition) is 1. The van der Waals surface area contributed by atoms with Crippen LogP contribution in [0.4, 0.5) is 0 Å². The van der Waals surface area contributed by atoms with E-state index < -0.39 is 0 Å². The molecule has 2 rings (SSSR count). The molecule has 0 unspecified atom stereocenters. The lowest BCUT2D eigenvalue weighted by atomic mass is 10.4. The first kappa shape index (κ1) is 10.8. The van der Waals surface area contributed by atoms with E-state index in [2.05, 4.69) is 5.32 Å². The molecule has 1 amide bonds. The van der Waals surface area contributed by atoms with Crippen molar-refractivity contribution in [3.63, 3.8) is 0 Å². The number of pyridine rings is 1. The molecule has 2 aromatic heterocycles. The van der Waals surface area contributed by atoms with E-state index in [4.69, 9.17) is 0 Å². The Hall–Kier alpha value is -1.68. The molecule has 2 aromatic rings. The number of carbonyl (C=O) groups excluding carboxylic acids is 1. The summed E-state index contributed by atoms with van der Waals surface area (Å²) >= 11 is 1.65. The molecule has 2 heterocycles. The first-order valence-corrected chi connectivity index (χ1v) is 5.96. The summed E-state index contributed by atoms with van der Waals surface area (Å²) in [5.41, 5.74) is 0. The van der Waals surface area contributed by atoms with Gasteiger partial charge in [0.2, 0.25) is 6.54 Å². The minimum atomic E-state index is 0.0320. The Kier molecular flexibility index (Phi) is 3.66. The number of carbonyl (C=O) groups is 1. The van der Waals surface area contributed by atoms with Gasteiger partial charge in [-0.3, -0.25) is 4.79 Å². The van der Waals surface area contributed by atoms with E-state index in [1.54, 1.807) is 11.3 Å². The first-order chi connectivity index (χ1) is 7.84. The van der Waals surface area contributed by atoms with Gasteiger partial charge in [-0.2, -0.15) is 4.57 Å². The summed E-state index contributed by atoms with van der Waals surface area (Å²) in [4.78, 5) is 12.8. The van der Waals surface area contributed by atoms with Crippen molar-refractivity contribution in [1.82, 2.24) is 5.32 Å². The maximum Gasteiger partial charge on any atom is 0.286 e. The van der Waals surface area contributed by atoms with Crippen molar-refractivity contribution in [2.24, 2.45) is 0 Å². The molecule has 0 atom stereocenters. The molecule has 0 aromatic carbocycles. The van der Waals surface area contributed by atoms with Crippen molar-refractivity contribution in [2.75, 3.05) is 0 Å². The average Bonchev–Trinajstić information content (AvgIpc) is 2.81. The van der Waals surface area contributed by atoms with Gasteiger partial charge < -0.3 is 5.32 Å². The second kappa shape index (κ2) is 5.42. The third-order valence-corrected chi connectivity index (χ3v) is 3.02. The van der Waals surface area contributed by atoms with Crippen LogP contribution in [0.3, 0.4) is 0 Å². The fourth-order valence-corrected chi connectivity index (χ4v) is 2.00. The van der Waals surface area contributed by atoms with E-state index in [-0.39, 0.29) is 5.91 Å². The molecular weight excluding hydrogens is 220 g/mol. The highest BCUT2D eigenvalue weighted by Crippen LogP contribution is 2.06. The number of rotatable bonds is 4. The molecule has 82 valence electrons. The molecule has 0 aliphatic heterocycles. The lowest BCUT2D eigenvalue weighted by Crippen LogP contribution is -2.41. The second-order valence-corrected chi connectivity index (χ2v) is 4.44. The van der Waals surface area contributed by atoms with E-state index in [9.17, 15) is 4.79 Å². The molecule has 0 bridgehead atoms. The normalized spacial score (nSPS) is 10.0. The van der Waals surface area contributed by atoms with Crippen LogP contribution >= 0.6 is 11.3 Å². The number of nitrogens with one attached hydrogen (secondary N) is 1. The average molecular weight is 233 g/mol. The van der Waals surface area contributed by atoms with Gasteiger partial charge in [0.05, 0.1) is 6.54 Å². The molecular formula is C12H13N2OS+. The number of nitrogens with zero attached hydrogens (tertiary/aromatic N) is 1. The largest absolute Gasteiger partial charge is 0.346 e. The number of hydrogen-bond acceptors (Lipinski definition) is 2. The standard InChI is InChI=1S/C12H12N2OS/c15-12(10-14-6-2-1-3-7-14)13-9-11-5-4-8-16-11/h1-8H,9-10H2/p+1. The van der Waals surface area contributed by atoms with Crippen molar-refractivity contribution in [3.05, 3.63) is 53.0 Å². The zero-order chi connectivity index (χ0) is 11.2. The van der Waals surface area contributed by atoms with Crippen molar-refractivity contribution >= 4 is 17.2 Å². The summed E-state index contributed by atoms with van der Waals surface area (Å²) in [5.74, 6) is 0.0320. The zero-order valence-electron chi connectivity index (χ0n) is 8.80. The van der Waals surface area contributed by atoms with Crippen LogP contribution in [0.25, 0.3) is 0 Å². The van der Waals surface area contributed by atoms with Crippen LogP contribution < -0.4 is 9.88 Å². The second-order valence-electron chi connectivity index (χ2n) is 3.40. The summed E-state index contributed by atoms with van der Waals surface area (Å²) in [6.07, 6.45) is 3.76. The summed E-state index contributed by atoms with van der Waals surface area (Å²) < 4.78 is 1.85. The molecule has 4 heteroatoms. The highest BCUT2D eigenvalue weighted by molar-refractivity contribution is 7.09. The molecule has 0 saturated heterocycles. The topological polar surface area (TPSA) is 33.0 Å². The van der Waals surface area contributed by atoms with Gasteiger partial charge in [-0.15, -0.1) is 11.3 Å². The molecule has 16 heavy (non-hydrogen) atoms. The van der Waals surface area contributed by atoms with Gasteiger partial charge in [-0.1, -0.05) is 12.1 Å². The smallest absolute Gasteiger partial charge is 0.286 e. The Bertz CT molecular complexity index is 439. The molecule has 0 aliphatic carbocycles. The van der Waals surface area contributed by atoms with E-state index >= 15 is 0 Å². The minimum Gasteiger partial charge on any atom is -0.346 e. The summed E-state index contributed by atoms with van der Waals surface area (Å²) in [5, 5.41) is 4.89.